The number of fused-ring (bicyclic) bond motifs is 5. The van der Waals surface area contributed by atoms with Gasteiger partial charge in [0.25, 0.3) is 0 Å². The molecule has 0 radical (unpaired) electrons. The zero-order chi connectivity index (χ0) is 23.2. The fourth-order valence-corrected chi connectivity index (χ4v) is 8.10. The molecule has 0 heterocycles. The van der Waals surface area contributed by atoms with Gasteiger partial charge in [-0.1, -0.05) is 36.3 Å². The molecule has 0 aliphatic heterocycles. The van der Waals surface area contributed by atoms with E-state index in [0.29, 0.717) is 35.3 Å². The van der Waals surface area contributed by atoms with Crippen LogP contribution >= 0.6 is 0 Å². The monoisotopic (exact) mass is 450 g/mol. The number of allylic oxidation sites excluding steroid dienone is 1. The predicted molar refractivity (Wildman–Crippen MR) is 127 cm³/mol. The molecule has 4 aliphatic carbocycles. The molecular formula is C29H38O4. The molecule has 1 aromatic carbocycles. The molecule has 0 saturated heterocycles. The van der Waals surface area contributed by atoms with Crippen LogP contribution in [0.3, 0.4) is 0 Å². The molecule has 0 aromatic heterocycles. The third-order valence-corrected chi connectivity index (χ3v) is 9.80. The molecule has 4 nitrogen and oxygen atoms in total. The third kappa shape index (κ3) is 4.15. The van der Waals surface area contributed by atoms with Crippen LogP contribution in [0.25, 0.3) is 0 Å². The lowest BCUT2D eigenvalue weighted by atomic mass is 9.47. The number of hydrogen-bond acceptors (Lipinski definition) is 4. The molecule has 0 unspecified atom stereocenters. The summed E-state index contributed by atoms with van der Waals surface area (Å²) >= 11 is 0. The highest BCUT2D eigenvalue weighted by Crippen LogP contribution is 2.63. The van der Waals surface area contributed by atoms with Crippen LogP contribution in [-0.2, 0) is 14.3 Å². The smallest absolute Gasteiger partial charge is 0.338 e. The van der Waals surface area contributed by atoms with Gasteiger partial charge in [-0.3, -0.25) is 4.79 Å². The molecular weight excluding hydrogens is 412 g/mol. The molecule has 0 spiro atoms. The summed E-state index contributed by atoms with van der Waals surface area (Å²) in [4.78, 5) is 24.0. The first kappa shape index (κ1) is 22.7. The van der Waals surface area contributed by atoms with E-state index in [4.69, 9.17) is 9.47 Å². The lowest BCUT2D eigenvalue weighted by molar-refractivity contribution is -0.155. The zero-order valence-corrected chi connectivity index (χ0v) is 20.3. The van der Waals surface area contributed by atoms with Crippen molar-refractivity contribution in [2.24, 2.45) is 35.0 Å². The van der Waals surface area contributed by atoms with Crippen LogP contribution in [0.5, 0.6) is 0 Å². The van der Waals surface area contributed by atoms with E-state index < -0.39 is 0 Å². The normalized spacial score (nSPS) is 37.5. The Labute approximate surface area is 198 Å². The number of rotatable bonds is 4. The van der Waals surface area contributed by atoms with Crippen molar-refractivity contribution in [3.8, 4) is 0 Å². The average Bonchev–Trinajstić information content (AvgIpc) is 3.13. The van der Waals surface area contributed by atoms with Gasteiger partial charge < -0.3 is 9.47 Å². The summed E-state index contributed by atoms with van der Waals surface area (Å²) in [5.74, 6) is 2.87. The van der Waals surface area contributed by atoms with E-state index in [0.717, 1.165) is 31.1 Å². The third-order valence-electron chi connectivity index (χ3n) is 9.80. The highest BCUT2D eigenvalue weighted by molar-refractivity contribution is 5.89. The molecule has 3 saturated carbocycles. The number of carbonyl (C=O) groups is 2. The van der Waals surface area contributed by atoms with Gasteiger partial charge in [-0.25, -0.2) is 4.79 Å². The van der Waals surface area contributed by atoms with E-state index >= 15 is 0 Å². The molecule has 0 bridgehead atoms. The Bertz CT molecular complexity index is 934. The lowest BCUT2D eigenvalue weighted by Gasteiger charge is -2.58. The first-order valence-corrected chi connectivity index (χ1v) is 13.0. The van der Waals surface area contributed by atoms with Crippen LogP contribution in [0.2, 0.25) is 0 Å². The summed E-state index contributed by atoms with van der Waals surface area (Å²) < 4.78 is 11.4. The summed E-state index contributed by atoms with van der Waals surface area (Å²) in [5.41, 5.74) is 4.17. The Hall–Kier alpha value is -2.10. The standard InChI is InChI=1S/C29H38O4/c1-18-21(17-32-28(31)20-7-5-4-6-8-20)15-26-24(18)11-12-27-25(26)10-9-22-16-23(33-19(2)30)13-14-29(22,27)3/h4-8,21-23,25-27H,9-17H2,1-3H3/t21-,22-,23-,25-,26+,27-,29-/m0/s1. The molecule has 178 valence electrons. The SMILES string of the molecule is CC(=O)O[C@H]1CC[C@@]2(C)[C@@H](CC[C@H]3[C@@H]4C[C@@H](COC(=O)c5ccccc5)C(C)=C4CC[C@@H]32)C1. The molecule has 33 heavy (non-hydrogen) atoms. The first-order valence-electron chi connectivity index (χ1n) is 13.0. The van der Waals surface area contributed by atoms with Gasteiger partial charge >= 0.3 is 11.9 Å². The molecule has 0 N–H and O–H groups in total. The van der Waals surface area contributed by atoms with E-state index in [1.807, 2.05) is 30.3 Å². The maximum absolute atomic E-state index is 12.5. The minimum absolute atomic E-state index is 0.119. The van der Waals surface area contributed by atoms with Gasteiger partial charge in [-0.2, -0.15) is 0 Å². The van der Waals surface area contributed by atoms with Crippen molar-refractivity contribution in [1.82, 2.24) is 0 Å². The molecule has 1 aromatic rings. The van der Waals surface area contributed by atoms with Crippen LogP contribution in [0.4, 0.5) is 0 Å². The second-order valence-corrected chi connectivity index (χ2v) is 11.3. The number of benzene rings is 1. The van der Waals surface area contributed by atoms with E-state index in [2.05, 4.69) is 13.8 Å². The number of esters is 2. The van der Waals surface area contributed by atoms with Gasteiger partial charge in [0, 0.05) is 12.8 Å². The van der Waals surface area contributed by atoms with Crippen molar-refractivity contribution in [2.75, 3.05) is 6.61 Å². The van der Waals surface area contributed by atoms with E-state index in [-0.39, 0.29) is 18.0 Å². The van der Waals surface area contributed by atoms with Gasteiger partial charge in [-0.05, 0) is 99.5 Å². The van der Waals surface area contributed by atoms with Crippen molar-refractivity contribution in [2.45, 2.75) is 78.2 Å². The summed E-state index contributed by atoms with van der Waals surface area (Å²) in [6, 6.07) is 9.32. The van der Waals surface area contributed by atoms with Crippen LogP contribution in [-0.4, -0.2) is 24.6 Å². The Kier molecular flexibility index (Phi) is 6.13. The Balaban J connectivity index is 1.25. The highest BCUT2D eigenvalue weighted by atomic mass is 16.5. The minimum Gasteiger partial charge on any atom is -0.463 e. The van der Waals surface area contributed by atoms with E-state index in [1.54, 1.807) is 5.57 Å². The molecule has 4 aliphatic rings. The van der Waals surface area contributed by atoms with Crippen LogP contribution in [0.1, 0.15) is 82.5 Å². The quantitative estimate of drug-likeness (QED) is 0.396. The molecule has 0 amide bonds. The van der Waals surface area contributed by atoms with Crippen molar-refractivity contribution in [3.63, 3.8) is 0 Å². The van der Waals surface area contributed by atoms with Crippen molar-refractivity contribution in [1.29, 1.82) is 0 Å². The van der Waals surface area contributed by atoms with Crippen molar-refractivity contribution < 1.29 is 19.1 Å². The van der Waals surface area contributed by atoms with Gasteiger partial charge in [-0.15, -0.1) is 0 Å². The Morgan fingerprint density at radius 1 is 1.06 bits per heavy atom. The van der Waals surface area contributed by atoms with Crippen molar-refractivity contribution in [3.05, 3.63) is 47.0 Å². The van der Waals surface area contributed by atoms with Crippen molar-refractivity contribution >= 4 is 11.9 Å². The summed E-state index contributed by atoms with van der Waals surface area (Å²) in [6.45, 7) is 6.86. The molecule has 7 atom stereocenters. The molecule has 4 heteroatoms. The molecule has 3 fully saturated rings. The predicted octanol–water partition coefficient (Wildman–Crippen LogP) is 6.35. The average molecular weight is 451 g/mol. The number of carbonyl (C=O) groups excluding carboxylic acids is 2. The summed E-state index contributed by atoms with van der Waals surface area (Å²) in [6.07, 6.45) is 9.53. The summed E-state index contributed by atoms with van der Waals surface area (Å²) in [7, 11) is 0. The fourth-order valence-electron chi connectivity index (χ4n) is 8.10. The Morgan fingerprint density at radius 2 is 1.85 bits per heavy atom. The topological polar surface area (TPSA) is 52.6 Å². The molecule has 5 rings (SSSR count). The highest BCUT2D eigenvalue weighted by Gasteiger charge is 2.55. The van der Waals surface area contributed by atoms with Gasteiger partial charge in [0.15, 0.2) is 0 Å². The zero-order valence-electron chi connectivity index (χ0n) is 20.3. The van der Waals surface area contributed by atoms with Gasteiger partial charge in [0.2, 0.25) is 0 Å². The second-order valence-electron chi connectivity index (χ2n) is 11.3. The van der Waals surface area contributed by atoms with Gasteiger partial charge in [0.1, 0.15) is 6.10 Å². The van der Waals surface area contributed by atoms with E-state index in [9.17, 15) is 9.59 Å². The van der Waals surface area contributed by atoms with Crippen LogP contribution in [0.15, 0.2) is 41.5 Å². The van der Waals surface area contributed by atoms with Crippen LogP contribution < -0.4 is 0 Å². The largest absolute Gasteiger partial charge is 0.463 e. The van der Waals surface area contributed by atoms with Gasteiger partial charge in [0.05, 0.1) is 12.2 Å². The maximum Gasteiger partial charge on any atom is 0.338 e. The number of hydrogen-bond donors (Lipinski definition) is 0. The lowest BCUT2D eigenvalue weighted by Crippen LogP contribution is -2.51. The Morgan fingerprint density at radius 3 is 2.61 bits per heavy atom. The second kappa shape index (κ2) is 8.92. The maximum atomic E-state index is 12.5. The fraction of sp³-hybridized carbons (Fsp3) is 0.655. The minimum atomic E-state index is -0.210. The van der Waals surface area contributed by atoms with E-state index in [1.165, 1.54) is 44.6 Å². The first-order chi connectivity index (χ1) is 15.9. The summed E-state index contributed by atoms with van der Waals surface area (Å²) in [5, 5.41) is 0. The number of ether oxygens (including phenoxy) is 2. The van der Waals surface area contributed by atoms with Crippen LogP contribution in [0, 0.1) is 35.0 Å².